The Morgan fingerprint density at radius 1 is 1.55 bits per heavy atom. The van der Waals surface area contributed by atoms with Gasteiger partial charge in [0, 0.05) is 23.9 Å². The van der Waals surface area contributed by atoms with E-state index in [-0.39, 0.29) is 16.8 Å². The van der Waals surface area contributed by atoms with E-state index in [0.717, 1.165) is 5.16 Å². The normalized spacial score (nSPS) is 12.2. The molecule has 1 aromatic heterocycles. The van der Waals surface area contributed by atoms with E-state index in [1.165, 1.54) is 23.9 Å². The molecule has 0 unspecified atom stereocenters. The predicted molar refractivity (Wildman–Crippen MR) is 81.3 cm³/mol. The molecule has 0 saturated heterocycles. The zero-order chi connectivity index (χ0) is 14.7. The molecule has 0 aliphatic heterocycles. The van der Waals surface area contributed by atoms with Gasteiger partial charge in [-0.15, -0.1) is 0 Å². The number of nitrogens with one attached hydrogen (secondary N) is 1. The molecule has 0 aliphatic rings. The molecule has 0 radical (unpaired) electrons. The molecular formula is C13H13BrFN3OS. The van der Waals surface area contributed by atoms with Crippen molar-refractivity contribution in [1.82, 2.24) is 9.55 Å². The van der Waals surface area contributed by atoms with Crippen LogP contribution in [0.2, 0.25) is 0 Å². The second-order valence-corrected chi connectivity index (χ2v) is 6.42. The summed E-state index contributed by atoms with van der Waals surface area (Å²) in [5, 5.41) is 2.94. The number of rotatable bonds is 4. The molecule has 1 heterocycles. The van der Waals surface area contributed by atoms with Gasteiger partial charge in [-0.3, -0.25) is 4.79 Å². The number of carbonyl (C=O) groups is 1. The molecule has 0 saturated carbocycles. The molecule has 20 heavy (non-hydrogen) atoms. The maximum atomic E-state index is 13.6. The van der Waals surface area contributed by atoms with E-state index in [2.05, 4.69) is 26.2 Å². The fourth-order valence-electron chi connectivity index (χ4n) is 1.50. The maximum absolute atomic E-state index is 13.6. The highest BCUT2D eigenvalue weighted by Gasteiger charge is 2.18. The van der Waals surface area contributed by atoms with Crippen molar-refractivity contribution in [1.29, 1.82) is 0 Å². The average molecular weight is 358 g/mol. The number of aryl methyl sites for hydroxylation is 1. The van der Waals surface area contributed by atoms with Gasteiger partial charge in [-0.1, -0.05) is 27.7 Å². The lowest BCUT2D eigenvalue weighted by atomic mass is 10.3. The lowest BCUT2D eigenvalue weighted by Gasteiger charge is -2.12. The van der Waals surface area contributed by atoms with Crippen molar-refractivity contribution >= 4 is 39.3 Å². The second-order valence-electron chi connectivity index (χ2n) is 4.19. The molecule has 0 fully saturated rings. The Bertz CT molecular complexity index is 632. The van der Waals surface area contributed by atoms with E-state index in [1.807, 2.05) is 11.6 Å². The zero-order valence-electron chi connectivity index (χ0n) is 10.9. The van der Waals surface area contributed by atoms with Crippen molar-refractivity contribution in [2.45, 2.75) is 17.3 Å². The van der Waals surface area contributed by atoms with Crippen molar-refractivity contribution in [2.75, 3.05) is 5.32 Å². The van der Waals surface area contributed by atoms with Crippen molar-refractivity contribution < 1.29 is 9.18 Å². The zero-order valence-corrected chi connectivity index (χ0v) is 13.3. The topological polar surface area (TPSA) is 46.9 Å². The molecule has 4 nitrogen and oxygen atoms in total. The molecule has 1 atom stereocenters. The third-order valence-corrected chi connectivity index (χ3v) is 4.28. The molecule has 1 aromatic carbocycles. The Labute approximate surface area is 128 Å². The molecule has 0 bridgehead atoms. The molecule has 1 amide bonds. The van der Waals surface area contributed by atoms with Crippen LogP contribution in [0.5, 0.6) is 0 Å². The smallest absolute Gasteiger partial charge is 0.237 e. The number of aromatic nitrogens is 2. The van der Waals surface area contributed by atoms with E-state index in [0.29, 0.717) is 4.47 Å². The van der Waals surface area contributed by atoms with E-state index in [4.69, 9.17) is 0 Å². The Hall–Kier alpha value is -1.34. The summed E-state index contributed by atoms with van der Waals surface area (Å²) >= 11 is 4.49. The number of thioether (sulfide) groups is 1. The van der Waals surface area contributed by atoms with Gasteiger partial charge in [0.25, 0.3) is 0 Å². The fraction of sp³-hybridized carbons (Fsp3) is 0.231. The summed E-state index contributed by atoms with van der Waals surface area (Å²) < 4.78 is 16.1. The minimum absolute atomic E-state index is 0.172. The van der Waals surface area contributed by atoms with Crippen LogP contribution >= 0.6 is 27.7 Å². The molecule has 7 heteroatoms. The van der Waals surface area contributed by atoms with Crippen LogP contribution in [0.4, 0.5) is 10.1 Å². The predicted octanol–water partition coefficient (Wildman–Crippen LogP) is 3.44. The van der Waals surface area contributed by atoms with Crippen LogP contribution in [0, 0.1) is 5.82 Å². The molecular weight excluding hydrogens is 345 g/mol. The molecule has 1 N–H and O–H groups in total. The lowest BCUT2D eigenvalue weighted by molar-refractivity contribution is -0.115. The monoisotopic (exact) mass is 357 g/mol. The van der Waals surface area contributed by atoms with Gasteiger partial charge in [-0.2, -0.15) is 0 Å². The van der Waals surface area contributed by atoms with Gasteiger partial charge >= 0.3 is 0 Å². The first-order valence-electron chi connectivity index (χ1n) is 5.87. The third-order valence-electron chi connectivity index (χ3n) is 2.62. The number of anilines is 1. The number of hydrogen-bond donors (Lipinski definition) is 1. The van der Waals surface area contributed by atoms with Crippen LogP contribution in [0.3, 0.4) is 0 Å². The lowest BCUT2D eigenvalue weighted by Crippen LogP contribution is -2.23. The first kappa shape index (κ1) is 15.1. The summed E-state index contributed by atoms with van der Waals surface area (Å²) in [6, 6.07) is 4.51. The number of amides is 1. The van der Waals surface area contributed by atoms with Crippen LogP contribution in [0.15, 0.2) is 40.2 Å². The number of halogens is 2. The van der Waals surface area contributed by atoms with Crippen LogP contribution in [-0.2, 0) is 11.8 Å². The summed E-state index contributed by atoms with van der Waals surface area (Å²) in [7, 11) is 1.86. The Balaban J connectivity index is 2.02. The highest BCUT2D eigenvalue weighted by Crippen LogP contribution is 2.24. The van der Waals surface area contributed by atoms with E-state index in [1.54, 1.807) is 25.4 Å². The summed E-state index contributed by atoms with van der Waals surface area (Å²) in [5.41, 5.74) is 0.172. The van der Waals surface area contributed by atoms with Gasteiger partial charge in [-0.05, 0) is 25.1 Å². The number of carbonyl (C=O) groups excluding carboxylic acids is 1. The quantitative estimate of drug-likeness (QED) is 0.852. The van der Waals surface area contributed by atoms with Crippen molar-refractivity contribution in [3.63, 3.8) is 0 Å². The Morgan fingerprint density at radius 3 is 2.90 bits per heavy atom. The van der Waals surface area contributed by atoms with Crippen LogP contribution < -0.4 is 5.32 Å². The summed E-state index contributed by atoms with van der Waals surface area (Å²) in [4.78, 5) is 16.2. The standard InChI is InChI=1S/C13H13BrFN3OS/c1-8(20-13-16-5-6-18(13)2)12(19)17-11-4-3-9(14)7-10(11)15/h3-8H,1-2H3,(H,17,19)/t8-/m1/s1. The molecule has 2 rings (SSSR count). The fourth-order valence-corrected chi connectivity index (χ4v) is 2.67. The van der Waals surface area contributed by atoms with E-state index < -0.39 is 5.82 Å². The van der Waals surface area contributed by atoms with Gasteiger partial charge in [-0.25, -0.2) is 9.37 Å². The minimum atomic E-state index is -0.470. The number of imidazole rings is 1. The van der Waals surface area contributed by atoms with Crippen LogP contribution in [-0.4, -0.2) is 20.7 Å². The summed E-state index contributed by atoms with van der Waals surface area (Å²) in [6.45, 7) is 1.76. The first-order valence-corrected chi connectivity index (χ1v) is 7.54. The van der Waals surface area contributed by atoms with Crippen LogP contribution in [0.25, 0.3) is 0 Å². The van der Waals surface area contributed by atoms with Crippen molar-refractivity contribution in [3.8, 4) is 0 Å². The highest BCUT2D eigenvalue weighted by molar-refractivity contribution is 9.10. The summed E-state index contributed by atoms with van der Waals surface area (Å²) in [6.07, 6.45) is 3.47. The number of benzene rings is 1. The van der Waals surface area contributed by atoms with Crippen LogP contribution in [0.1, 0.15) is 6.92 Å². The first-order chi connectivity index (χ1) is 9.47. The third kappa shape index (κ3) is 3.61. The largest absolute Gasteiger partial charge is 0.329 e. The van der Waals surface area contributed by atoms with Gasteiger partial charge in [0.05, 0.1) is 10.9 Å². The van der Waals surface area contributed by atoms with Gasteiger partial charge in [0.2, 0.25) is 5.91 Å². The average Bonchev–Trinajstić information content (AvgIpc) is 2.78. The maximum Gasteiger partial charge on any atom is 0.237 e. The molecule has 0 spiro atoms. The molecule has 106 valence electrons. The van der Waals surface area contributed by atoms with E-state index in [9.17, 15) is 9.18 Å². The highest BCUT2D eigenvalue weighted by atomic mass is 79.9. The number of nitrogens with zero attached hydrogens (tertiary/aromatic N) is 2. The summed E-state index contributed by atoms with van der Waals surface area (Å²) in [5.74, 6) is -0.735. The van der Waals surface area contributed by atoms with Gasteiger partial charge in [0.15, 0.2) is 5.16 Å². The Kier molecular flexibility index (Phi) is 4.82. The van der Waals surface area contributed by atoms with Gasteiger partial charge < -0.3 is 9.88 Å². The second kappa shape index (κ2) is 6.41. The number of hydrogen-bond acceptors (Lipinski definition) is 3. The van der Waals surface area contributed by atoms with Crippen molar-refractivity contribution in [2.24, 2.45) is 7.05 Å². The molecule has 2 aromatic rings. The van der Waals surface area contributed by atoms with Crippen molar-refractivity contribution in [3.05, 3.63) is 40.9 Å². The van der Waals surface area contributed by atoms with E-state index >= 15 is 0 Å². The SMILES string of the molecule is C[C@@H](Sc1nccn1C)C(=O)Nc1ccc(Br)cc1F. The minimum Gasteiger partial charge on any atom is -0.329 e. The molecule has 0 aliphatic carbocycles. The van der Waals surface area contributed by atoms with Gasteiger partial charge in [0.1, 0.15) is 5.82 Å². The Morgan fingerprint density at radius 2 is 2.30 bits per heavy atom.